The van der Waals surface area contributed by atoms with Gasteiger partial charge in [0, 0.05) is 13.0 Å². The number of aliphatic hydroxyl groups is 1. The Hall–Kier alpha value is -1.86. The number of hydrogen-bond acceptors (Lipinski definition) is 3. The summed E-state index contributed by atoms with van der Waals surface area (Å²) in [6.07, 6.45) is 3.02. The lowest BCUT2D eigenvalue weighted by atomic mass is 10.1. The summed E-state index contributed by atoms with van der Waals surface area (Å²) in [6, 6.07) is 9.40. The van der Waals surface area contributed by atoms with Crippen molar-refractivity contribution in [3.05, 3.63) is 35.4 Å². The molecule has 1 aromatic carbocycles. The maximum Gasteiger partial charge on any atom is 0.223 e. The van der Waals surface area contributed by atoms with Gasteiger partial charge >= 0.3 is 0 Å². The number of nitrogens with zero attached hydrogens (tertiary/aromatic N) is 2. The zero-order valence-corrected chi connectivity index (χ0v) is 10.9. The van der Waals surface area contributed by atoms with Crippen LogP contribution in [-0.2, 0) is 11.2 Å². The molecule has 100 valence electrons. The fraction of sp³-hybridized carbons (Fsp3) is 0.467. The van der Waals surface area contributed by atoms with Gasteiger partial charge in [0.25, 0.3) is 0 Å². The van der Waals surface area contributed by atoms with Crippen molar-refractivity contribution in [1.29, 1.82) is 5.26 Å². The maximum absolute atomic E-state index is 12.1. The molecule has 0 bridgehead atoms. The lowest BCUT2D eigenvalue weighted by Crippen LogP contribution is -2.37. The predicted molar refractivity (Wildman–Crippen MR) is 71.3 cm³/mol. The number of rotatable bonds is 4. The highest BCUT2D eigenvalue weighted by Gasteiger charge is 2.27. The van der Waals surface area contributed by atoms with E-state index in [9.17, 15) is 9.90 Å². The van der Waals surface area contributed by atoms with Crippen LogP contribution in [0.25, 0.3) is 0 Å². The van der Waals surface area contributed by atoms with Crippen molar-refractivity contribution in [3.63, 3.8) is 0 Å². The summed E-state index contributed by atoms with van der Waals surface area (Å²) >= 11 is 0. The highest BCUT2D eigenvalue weighted by molar-refractivity contribution is 5.77. The molecule has 1 aliphatic heterocycles. The van der Waals surface area contributed by atoms with E-state index in [1.165, 1.54) is 0 Å². The molecule has 1 heterocycles. The van der Waals surface area contributed by atoms with Crippen LogP contribution in [0.5, 0.6) is 0 Å². The second kappa shape index (κ2) is 6.35. The van der Waals surface area contributed by atoms with Crippen LogP contribution in [0.4, 0.5) is 0 Å². The molecule has 1 fully saturated rings. The smallest absolute Gasteiger partial charge is 0.223 e. The summed E-state index contributed by atoms with van der Waals surface area (Å²) in [6.45, 7) is 0.819. The van der Waals surface area contributed by atoms with Gasteiger partial charge in [0.2, 0.25) is 5.91 Å². The first kappa shape index (κ1) is 13.6. The van der Waals surface area contributed by atoms with Crippen LogP contribution in [-0.4, -0.2) is 35.1 Å². The van der Waals surface area contributed by atoms with Gasteiger partial charge in [-0.3, -0.25) is 4.79 Å². The Morgan fingerprint density at radius 2 is 2.16 bits per heavy atom. The third-order valence-corrected chi connectivity index (χ3v) is 3.62. The van der Waals surface area contributed by atoms with E-state index in [2.05, 4.69) is 6.07 Å². The zero-order chi connectivity index (χ0) is 13.7. The molecule has 0 spiro atoms. The van der Waals surface area contributed by atoms with Gasteiger partial charge in [-0.1, -0.05) is 12.1 Å². The molecule has 4 heteroatoms. The molecule has 1 aromatic rings. The van der Waals surface area contributed by atoms with E-state index >= 15 is 0 Å². The predicted octanol–water partition coefficient (Wildman–Crippen LogP) is 1.47. The number of amides is 1. The molecule has 4 nitrogen and oxygen atoms in total. The molecule has 0 radical (unpaired) electrons. The third kappa shape index (κ3) is 3.33. The van der Waals surface area contributed by atoms with E-state index in [0.29, 0.717) is 18.4 Å². The van der Waals surface area contributed by atoms with Crippen LogP contribution in [0, 0.1) is 11.3 Å². The number of carbonyl (C=O) groups is 1. The van der Waals surface area contributed by atoms with E-state index in [1.807, 2.05) is 12.1 Å². The minimum atomic E-state index is 0.00784. The Bertz CT molecular complexity index is 476. The van der Waals surface area contributed by atoms with E-state index < -0.39 is 0 Å². The van der Waals surface area contributed by atoms with Crippen LogP contribution in [0.3, 0.4) is 0 Å². The third-order valence-electron chi connectivity index (χ3n) is 3.62. The maximum atomic E-state index is 12.1. The molecule has 0 unspecified atom stereocenters. The lowest BCUT2D eigenvalue weighted by Gasteiger charge is -2.23. The van der Waals surface area contributed by atoms with Crippen LogP contribution < -0.4 is 0 Å². The molecule has 0 aromatic heterocycles. The van der Waals surface area contributed by atoms with E-state index in [1.54, 1.807) is 17.0 Å². The van der Waals surface area contributed by atoms with Crippen molar-refractivity contribution in [2.45, 2.75) is 31.7 Å². The van der Waals surface area contributed by atoms with Gasteiger partial charge in [0.05, 0.1) is 24.3 Å². The number of nitriles is 1. The summed E-state index contributed by atoms with van der Waals surface area (Å²) in [5.41, 5.74) is 1.70. The van der Waals surface area contributed by atoms with E-state index in [-0.39, 0.29) is 18.6 Å². The van der Waals surface area contributed by atoms with E-state index in [4.69, 9.17) is 5.26 Å². The first-order valence-corrected chi connectivity index (χ1v) is 6.64. The molecule has 0 aliphatic carbocycles. The molecule has 1 aliphatic rings. The first-order valence-electron chi connectivity index (χ1n) is 6.64. The number of aryl methyl sites for hydroxylation is 1. The van der Waals surface area contributed by atoms with Gasteiger partial charge in [-0.05, 0) is 37.0 Å². The number of likely N-dealkylation sites (tertiary alicyclic amines) is 1. The van der Waals surface area contributed by atoms with Crippen molar-refractivity contribution in [2.24, 2.45) is 0 Å². The molecular weight excluding hydrogens is 240 g/mol. The molecule has 0 saturated carbocycles. The van der Waals surface area contributed by atoms with E-state index in [0.717, 1.165) is 24.9 Å². The van der Waals surface area contributed by atoms with Gasteiger partial charge in [-0.15, -0.1) is 0 Å². The van der Waals surface area contributed by atoms with Gasteiger partial charge in [0.1, 0.15) is 0 Å². The van der Waals surface area contributed by atoms with Crippen molar-refractivity contribution in [1.82, 2.24) is 4.90 Å². The highest BCUT2D eigenvalue weighted by atomic mass is 16.3. The van der Waals surface area contributed by atoms with Gasteiger partial charge in [-0.25, -0.2) is 0 Å². The van der Waals surface area contributed by atoms with Gasteiger partial charge in [0.15, 0.2) is 0 Å². The van der Waals surface area contributed by atoms with Crippen molar-refractivity contribution < 1.29 is 9.90 Å². The fourth-order valence-corrected chi connectivity index (χ4v) is 2.49. The molecule has 1 amide bonds. The molecule has 2 rings (SSSR count). The highest BCUT2D eigenvalue weighted by Crippen LogP contribution is 2.18. The van der Waals surface area contributed by atoms with Crippen LogP contribution in [0.2, 0.25) is 0 Å². The molecular formula is C15H18N2O2. The Labute approximate surface area is 113 Å². The standard InChI is InChI=1S/C15H18N2O2/c16-10-13-5-3-12(4-6-13)7-8-15(19)17-9-1-2-14(17)11-18/h3-6,14,18H,1-2,7-9,11H2/t14-/m0/s1. The summed E-state index contributed by atoms with van der Waals surface area (Å²) in [5.74, 6) is 0.112. The number of hydrogen-bond donors (Lipinski definition) is 1. The van der Waals surface area contributed by atoms with Crippen LogP contribution in [0.1, 0.15) is 30.4 Å². The van der Waals surface area contributed by atoms with Crippen molar-refractivity contribution in [3.8, 4) is 6.07 Å². The Balaban J connectivity index is 1.87. The molecule has 1 saturated heterocycles. The lowest BCUT2D eigenvalue weighted by molar-refractivity contribution is -0.132. The normalized spacial score (nSPS) is 18.3. The second-order valence-electron chi connectivity index (χ2n) is 4.87. The Morgan fingerprint density at radius 1 is 1.42 bits per heavy atom. The minimum Gasteiger partial charge on any atom is -0.394 e. The van der Waals surface area contributed by atoms with Gasteiger partial charge in [-0.2, -0.15) is 5.26 Å². The molecule has 1 atom stereocenters. The first-order chi connectivity index (χ1) is 9.24. The topological polar surface area (TPSA) is 64.3 Å². The number of benzene rings is 1. The Kier molecular flexibility index (Phi) is 4.53. The average molecular weight is 258 g/mol. The summed E-state index contributed by atoms with van der Waals surface area (Å²) < 4.78 is 0. The number of aliphatic hydroxyl groups excluding tert-OH is 1. The molecule has 19 heavy (non-hydrogen) atoms. The molecule has 1 N–H and O–H groups in total. The quantitative estimate of drug-likeness (QED) is 0.889. The minimum absolute atomic E-state index is 0.00784. The second-order valence-corrected chi connectivity index (χ2v) is 4.87. The van der Waals surface area contributed by atoms with Crippen LogP contribution >= 0.6 is 0 Å². The number of carbonyl (C=O) groups excluding carboxylic acids is 1. The zero-order valence-electron chi connectivity index (χ0n) is 10.9. The fourth-order valence-electron chi connectivity index (χ4n) is 2.49. The largest absolute Gasteiger partial charge is 0.394 e. The monoisotopic (exact) mass is 258 g/mol. The van der Waals surface area contributed by atoms with Crippen LogP contribution in [0.15, 0.2) is 24.3 Å². The average Bonchev–Trinajstić information content (AvgIpc) is 2.93. The van der Waals surface area contributed by atoms with Crippen molar-refractivity contribution >= 4 is 5.91 Å². The summed E-state index contributed by atoms with van der Waals surface area (Å²) in [4.78, 5) is 13.9. The summed E-state index contributed by atoms with van der Waals surface area (Å²) in [7, 11) is 0. The van der Waals surface area contributed by atoms with Gasteiger partial charge < -0.3 is 10.0 Å². The SMILES string of the molecule is N#Cc1ccc(CCC(=O)N2CCC[C@H]2CO)cc1. The Morgan fingerprint density at radius 3 is 2.79 bits per heavy atom. The summed E-state index contributed by atoms with van der Waals surface area (Å²) in [5, 5.41) is 17.9. The van der Waals surface area contributed by atoms with Crippen molar-refractivity contribution in [2.75, 3.05) is 13.2 Å².